The molecule has 2 aliphatic rings. The normalized spacial score (nSPS) is 15.4. The van der Waals surface area contributed by atoms with Gasteiger partial charge in [-0.3, -0.25) is 0 Å². The van der Waals surface area contributed by atoms with Gasteiger partial charge >= 0.3 is 12.1 Å². The number of urea groups is 2. The van der Waals surface area contributed by atoms with Crippen LogP contribution in [0.15, 0.2) is 66.7 Å². The minimum Gasteiger partial charge on any atom is -0.325 e. The highest BCUT2D eigenvalue weighted by Gasteiger charge is 2.25. The first-order valence-electron chi connectivity index (χ1n) is 13.7. The summed E-state index contributed by atoms with van der Waals surface area (Å²) in [6.45, 7) is 6.15. The lowest BCUT2D eigenvalue weighted by Crippen LogP contribution is -2.37. The molecule has 0 saturated carbocycles. The molecule has 3 aromatic carbocycles. The lowest BCUT2D eigenvalue weighted by Gasteiger charge is -2.18. The van der Waals surface area contributed by atoms with Crippen molar-refractivity contribution in [2.24, 2.45) is 0 Å². The quantitative estimate of drug-likeness (QED) is 0.254. The van der Waals surface area contributed by atoms with Crippen molar-refractivity contribution in [3.05, 3.63) is 66.7 Å². The van der Waals surface area contributed by atoms with Crippen LogP contribution in [0.5, 0.6) is 0 Å². The summed E-state index contributed by atoms with van der Waals surface area (Å²) in [5, 5.41) is 9.54. The van der Waals surface area contributed by atoms with Crippen molar-refractivity contribution in [3.63, 3.8) is 0 Å². The SMILES string of the molecule is CC[n+]1c(-c2ccccc2)c2cc(NC(=O)N3CCCC3)ccc2c2ccc(NC(=O)N3CCCC3)cc21. The van der Waals surface area contributed by atoms with Gasteiger partial charge in [-0.1, -0.05) is 24.3 Å². The summed E-state index contributed by atoms with van der Waals surface area (Å²) >= 11 is 0. The molecule has 7 heteroatoms. The molecule has 1 aromatic heterocycles. The van der Waals surface area contributed by atoms with E-state index in [1.807, 2.05) is 28.0 Å². The fourth-order valence-electron chi connectivity index (χ4n) is 5.86. The molecule has 38 heavy (non-hydrogen) atoms. The van der Waals surface area contributed by atoms with Gasteiger partial charge in [-0.15, -0.1) is 0 Å². The molecular weight excluding hydrogens is 474 g/mol. The lowest BCUT2D eigenvalue weighted by molar-refractivity contribution is -0.655. The van der Waals surface area contributed by atoms with Crippen LogP contribution in [-0.2, 0) is 6.54 Å². The summed E-state index contributed by atoms with van der Waals surface area (Å²) in [5.41, 5.74) is 4.85. The Morgan fingerprint density at radius 3 is 1.84 bits per heavy atom. The summed E-state index contributed by atoms with van der Waals surface area (Å²) in [6.07, 6.45) is 4.25. The topological polar surface area (TPSA) is 68.6 Å². The number of carbonyl (C=O) groups is 2. The molecule has 2 N–H and O–H groups in total. The molecule has 0 aliphatic carbocycles. The Hall–Kier alpha value is -4.13. The van der Waals surface area contributed by atoms with E-state index in [9.17, 15) is 9.59 Å². The molecular formula is C31H34N5O2+. The Balaban J connectivity index is 1.48. The van der Waals surface area contributed by atoms with E-state index in [4.69, 9.17) is 0 Å². The average molecular weight is 509 g/mol. The van der Waals surface area contributed by atoms with E-state index in [1.165, 1.54) is 0 Å². The van der Waals surface area contributed by atoms with Crippen LogP contribution in [0.2, 0.25) is 0 Å². The van der Waals surface area contributed by atoms with E-state index >= 15 is 0 Å². The molecule has 0 bridgehead atoms. The summed E-state index contributed by atoms with van der Waals surface area (Å²) in [5.74, 6) is 0. The van der Waals surface area contributed by atoms with Crippen LogP contribution in [0.3, 0.4) is 0 Å². The Kier molecular flexibility index (Phi) is 6.58. The molecule has 0 spiro atoms. The zero-order valence-corrected chi connectivity index (χ0v) is 21.9. The van der Waals surface area contributed by atoms with E-state index in [1.54, 1.807) is 0 Å². The molecule has 0 unspecified atom stereocenters. The molecule has 4 amide bonds. The van der Waals surface area contributed by atoms with Gasteiger partial charge in [0, 0.05) is 54.6 Å². The van der Waals surface area contributed by atoms with Crippen LogP contribution < -0.4 is 15.2 Å². The second-order valence-corrected chi connectivity index (χ2v) is 10.2. The van der Waals surface area contributed by atoms with E-state index in [-0.39, 0.29) is 12.1 Å². The molecule has 0 radical (unpaired) electrons. The maximum absolute atomic E-state index is 12.8. The van der Waals surface area contributed by atoms with Crippen LogP contribution in [0.1, 0.15) is 32.6 Å². The number of hydrogen-bond donors (Lipinski definition) is 2. The maximum atomic E-state index is 12.8. The first-order chi connectivity index (χ1) is 18.6. The minimum atomic E-state index is -0.0364. The van der Waals surface area contributed by atoms with Crippen molar-refractivity contribution in [3.8, 4) is 11.3 Å². The van der Waals surface area contributed by atoms with Gasteiger partial charge in [0.15, 0.2) is 0 Å². The van der Waals surface area contributed by atoms with Gasteiger partial charge in [0.1, 0.15) is 6.54 Å². The number of benzene rings is 3. The van der Waals surface area contributed by atoms with Crippen molar-refractivity contribution in [2.45, 2.75) is 39.2 Å². The maximum Gasteiger partial charge on any atom is 0.321 e. The summed E-state index contributed by atoms with van der Waals surface area (Å²) in [4.78, 5) is 29.4. The number of likely N-dealkylation sites (tertiary alicyclic amines) is 2. The van der Waals surface area contributed by atoms with Crippen LogP contribution in [0.4, 0.5) is 21.0 Å². The number of pyridine rings is 1. The van der Waals surface area contributed by atoms with Crippen molar-refractivity contribution < 1.29 is 14.2 Å². The van der Waals surface area contributed by atoms with Crippen molar-refractivity contribution in [1.82, 2.24) is 9.80 Å². The summed E-state index contributed by atoms with van der Waals surface area (Å²) < 4.78 is 2.31. The number of rotatable bonds is 4. The third kappa shape index (κ3) is 4.53. The Morgan fingerprint density at radius 2 is 1.26 bits per heavy atom. The number of nitrogens with one attached hydrogen (secondary N) is 2. The fraction of sp³-hybridized carbons (Fsp3) is 0.323. The predicted molar refractivity (Wildman–Crippen MR) is 152 cm³/mol. The summed E-state index contributed by atoms with van der Waals surface area (Å²) in [7, 11) is 0. The highest BCUT2D eigenvalue weighted by atomic mass is 16.2. The Morgan fingerprint density at radius 1 is 0.711 bits per heavy atom. The third-order valence-corrected chi connectivity index (χ3v) is 7.78. The minimum absolute atomic E-state index is 0.0349. The summed E-state index contributed by atoms with van der Waals surface area (Å²) in [6, 6.07) is 22.7. The van der Waals surface area contributed by atoms with E-state index in [0.717, 1.165) is 103 Å². The molecule has 2 saturated heterocycles. The lowest BCUT2D eigenvalue weighted by atomic mass is 9.98. The van der Waals surface area contributed by atoms with Crippen molar-refractivity contribution in [2.75, 3.05) is 36.8 Å². The number of fused-ring (bicyclic) bond motifs is 3. The van der Waals surface area contributed by atoms with Gasteiger partial charge in [0.25, 0.3) is 0 Å². The van der Waals surface area contributed by atoms with Crippen LogP contribution in [0, 0.1) is 0 Å². The van der Waals surface area contributed by atoms with Gasteiger partial charge in [-0.25, -0.2) is 9.59 Å². The zero-order chi connectivity index (χ0) is 26.1. The van der Waals surface area contributed by atoms with Gasteiger partial charge in [-0.2, -0.15) is 4.57 Å². The Labute approximate surface area is 223 Å². The number of carbonyl (C=O) groups excluding carboxylic acids is 2. The third-order valence-electron chi connectivity index (χ3n) is 7.78. The molecule has 194 valence electrons. The van der Waals surface area contributed by atoms with Crippen molar-refractivity contribution >= 4 is 45.1 Å². The second kappa shape index (κ2) is 10.3. The van der Waals surface area contributed by atoms with Crippen molar-refractivity contribution in [1.29, 1.82) is 0 Å². The fourth-order valence-corrected chi connectivity index (χ4v) is 5.86. The largest absolute Gasteiger partial charge is 0.325 e. The highest BCUT2D eigenvalue weighted by Crippen LogP contribution is 2.34. The average Bonchev–Trinajstić information content (AvgIpc) is 3.68. The molecule has 0 atom stereocenters. The predicted octanol–water partition coefficient (Wildman–Crippen LogP) is 6.22. The van der Waals surface area contributed by atoms with E-state index in [0.29, 0.717) is 0 Å². The number of amides is 4. The standard InChI is InChI=1S/C31H33N5O2/c1-2-36-28-21-24(33-31(38)35-18-8-9-19-35)13-15-26(28)25-14-12-23(32-30(37)34-16-6-7-17-34)20-27(25)29(36)22-10-4-3-5-11-22/h3-5,10-15,20-21H,2,6-9,16-19H2,1H3,(H,32,37)/p+1. The van der Waals surface area contributed by atoms with Crippen LogP contribution in [0.25, 0.3) is 32.9 Å². The number of aromatic nitrogens is 1. The molecule has 2 aliphatic heterocycles. The molecule has 7 nitrogen and oxygen atoms in total. The smallest absolute Gasteiger partial charge is 0.321 e. The Bertz CT molecular complexity index is 1510. The van der Waals surface area contributed by atoms with Gasteiger partial charge < -0.3 is 20.4 Å². The first-order valence-corrected chi connectivity index (χ1v) is 13.7. The highest BCUT2D eigenvalue weighted by molar-refractivity contribution is 6.11. The van der Waals surface area contributed by atoms with Crippen LogP contribution >= 0.6 is 0 Å². The van der Waals surface area contributed by atoms with Gasteiger partial charge in [-0.05, 0) is 69.0 Å². The van der Waals surface area contributed by atoms with Gasteiger partial charge in [0.2, 0.25) is 11.2 Å². The van der Waals surface area contributed by atoms with Gasteiger partial charge in [0.05, 0.1) is 10.8 Å². The monoisotopic (exact) mass is 508 g/mol. The molecule has 2 fully saturated rings. The number of hydrogen-bond acceptors (Lipinski definition) is 2. The first kappa shape index (κ1) is 24.2. The molecule has 4 aromatic rings. The molecule has 3 heterocycles. The number of anilines is 2. The van der Waals surface area contributed by atoms with Crippen LogP contribution in [-0.4, -0.2) is 48.0 Å². The second-order valence-electron chi connectivity index (χ2n) is 10.2. The van der Waals surface area contributed by atoms with E-state index in [2.05, 4.69) is 70.7 Å². The number of nitrogens with zero attached hydrogens (tertiary/aromatic N) is 3. The number of aryl methyl sites for hydroxylation is 1. The van der Waals surface area contributed by atoms with E-state index < -0.39 is 0 Å². The molecule has 6 rings (SSSR count). The zero-order valence-electron chi connectivity index (χ0n) is 21.9.